The molecule has 0 saturated heterocycles. The Morgan fingerprint density at radius 3 is 3.18 bits per heavy atom. The predicted octanol–water partition coefficient (Wildman–Crippen LogP) is 1.73. The lowest BCUT2D eigenvalue weighted by Crippen LogP contribution is -2.23. The van der Waals surface area contributed by atoms with Crippen LogP contribution in [0.15, 0.2) is 11.4 Å². The number of aliphatic hydroxyl groups excluding tert-OH is 1. The number of amides is 1. The molecule has 0 aliphatic carbocycles. The van der Waals surface area contributed by atoms with Gasteiger partial charge < -0.3 is 15.2 Å². The summed E-state index contributed by atoms with van der Waals surface area (Å²) in [6.07, 6.45) is 0.0699. The second kappa shape index (κ2) is 7.71. The van der Waals surface area contributed by atoms with E-state index in [4.69, 9.17) is 9.84 Å². The zero-order chi connectivity index (χ0) is 12.5. The Morgan fingerprint density at radius 1 is 1.65 bits per heavy atom. The average Bonchev–Trinajstić information content (AvgIpc) is 2.75. The molecular formula is C12H15NO3S. The fourth-order valence-corrected chi connectivity index (χ4v) is 1.86. The third-order valence-corrected chi connectivity index (χ3v) is 2.74. The Morgan fingerprint density at radius 2 is 2.47 bits per heavy atom. The minimum Gasteiger partial charge on any atom is -0.450 e. The lowest BCUT2D eigenvalue weighted by Gasteiger charge is -2.02. The molecule has 0 spiro atoms. The largest absolute Gasteiger partial charge is 0.450 e. The van der Waals surface area contributed by atoms with Crippen molar-refractivity contribution >= 4 is 17.4 Å². The molecule has 1 aromatic heterocycles. The van der Waals surface area contributed by atoms with Crippen LogP contribution in [0, 0.1) is 11.8 Å². The topological polar surface area (TPSA) is 58.6 Å². The van der Waals surface area contributed by atoms with Gasteiger partial charge in [0, 0.05) is 22.2 Å². The number of carbonyl (C=O) groups is 1. The molecule has 92 valence electrons. The Labute approximate surface area is 105 Å². The summed E-state index contributed by atoms with van der Waals surface area (Å²) in [7, 11) is 0. The summed E-state index contributed by atoms with van der Waals surface area (Å²) < 4.78 is 4.75. The van der Waals surface area contributed by atoms with E-state index >= 15 is 0 Å². The van der Waals surface area contributed by atoms with Gasteiger partial charge in [0.1, 0.15) is 0 Å². The summed E-state index contributed by atoms with van der Waals surface area (Å²) in [5.74, 6) is 5.78. The van der Waals surface area contributed by atoms with Crippen LogP contribution in [0.1, 0.15) is 23.8 Å². The Kier molecular flexibility index (Phi) is 6.15. The smallest absolute Gasteiger partial charge is 0.407 e. The number of hydrogen-bond acceptors (Lipinski definition) is 4. The van der Waals surface area contributed by atoms with Gasteiger partial charge in [-0.1, -0.05) is 11.8 Å². The quantitative estimate of drug-likeness (QED) is 0.803. The molecule has 0 fully saturated rings. The highest BCUT2D eigenvalue weighted by Crippen LogP contribution is 2.13. The van der Waals surface area contributed by atoms with Crippen LogP contribution in [0.25, 0.3) is 0 Å². The van der Waals surface area contributed by atoms with Gasteiger partial charge >= 0.3 is 6.09 Å². The van der Waals surface area contributed by atoms with Gasteiger partial charge in [0.25, 0.3) is 0 Å². The van der Waals surface area contributed by atoms with Crippen LogP contribution < -0.4 is 5.32 Å². The predicted molar refractivity (Wildman–Crippen MR) is 66.8 cm³/mol. The molecule has 0 aromatic carbocycles. The molecule has 1 aromatic rings. The molecule has 0 radical (unpaired) electrons. The second-order valence-electron chi connectivity index (χ2n) is 3.15. The van der Waals surface area contributed by atoms with Crippen molar-refractivity contribution in [2.75, 3.05) is 13.2 Å². The van der Waals surface area contributed by atoms with E-state index in [1.807, 2.05) is 11.4 Å². The zero-order valence-corrected chi connectivity index (χ0v) is 10.5. The van der Waals surface area contributed by atoms with Gasteiger partial charge in [0.2, 0.25) is 0 Å². The van der Waals surface area contributed by atoms with E-state index in [-0.39, 0.29) is 6.61 Å². The lowest BCUT2D eigenvalue weighted by molar-refractivity contribution is 0.152. The zero-order valence-electron chi connectivity index (χ0n) is 9.66. The highest BCUT2D eigenvalue weighted by molar-refractivity contribution is 7.10. The van der Waals surface area contributed by atoms with Crippen LogP contribution in [0.2, 0.25) is 0 Å². The van der Waals surface area contributed by atoms with Gasteiger partial charge in [0.05, 0.1) is 19.8 Å². The summed E-state index contributed by atoms with van der Waals surface area (Å²) in [5, 5.41) is 13.1. The first-order chi connectivity index (χ1) is 8.26. The summed E-state index contributed by atoms with van der Waals surface area (Å²) in [6, 6.07) is 1.92. The highest BCUT2D eigenvalue weighted by Gasteiger charge is 2.02. The van der Waals surface area contributed by atoms with E-state index < -0.39 is 6.09 Å². The van der Waals surface area contributed by atoms with Crippen molar-refractivity contribution in [3.05, 3.63) is 21.9 Å². The van der Waals surface area contributed by atoms with Crippen molar-refractivity contribution in [1.29, 1.82) is 0 Å². The molecule has 0 aliphatic heterocycles. The maximum Gasteiger partial charge on any atom is 0.407 e. The summed E-state index contributed by atoms with van der Waals surface area (Å²) in [6.45, 7) is 2.66. The van der Waals surface area contributed by atoms with Gasteiger partial charge in [-0.25, -0.2) is 4.79 Å². The van der Waals surface area contributed by atoms with E-state index in [1.54, 1.807) is 6.92 Å². The standard InChI is InChI=1S/C12H15NO3S/c1-2-16-12(15)13-8-11-7-10(9-17-11)5-3-4-6-14/h7,9,14H,2,4,6,8H2,1H3,(H,13,15). The molecule has 17 heavy (non-hydrogen) atoms. The number of alkyl carbamates (subject to hydrolysis) is 1. The number of nitrogens with one attached hydrogen (secondary N) is 1. The minimum absolute atomic E-state index is 0.0778. The van der Waals surface area contributed by atoms with Gasteiger partial charge in [0.15, 0.2) is 0 Å². The number of carbonyl (C=O) groups excluding carboxylic acids is 1. The first-order valence-corrected chi connectivity index (χ1v) is 6.22. The van der Waals surface area contributed by atoms with Crippen molar-refractivity contribution in [3.63, 3.8) is 0 Å². The molecule has 1 heterocycles. The van der Waals surface area contributed by atoms with Gasteiger partial charge in [-0.2, -0.15) is 0 Å². The normalized spacial score (nSPS) is 9.29. The Balaban J connectivity index is 2.41. The second-order valence-corrected chi connectivity index (χ2v) is 4.15. The Hall–Kier alpha value is -1.51. The number of aliphatic hydroxyl groups is 1. The molecule has 0 unspecified atom stereocenters. The number of rotatable bonds is 4. The molecule has 4 nitrogen and oxygen atoms in total. The minimum atomic E-state index is -0.409. The monoisotopic (exact) mass is 253 g/mol. The SMILES string of the molecule is CCOC(=O)NCc1cc(C#CCCO)cs1. The van der Waals surface area contributed by atoms with Gasteiger partial charge in [-0.05, 0) is 13.0 Å². The maximum atomic E-state index is 11.0. The summed E-state index contributed by atoms with van der Waals surface area (Å²) in [4.78, 5) is 12.1. The Bertz CT molecular complexity index is 417. The molecule has 0 bridgehead atoms. The van der Waals surface area contributed by atoms with Crippen molar-refractivity contribution in [3.8, 4) is 11.8 Å². The number of thiophene rings is 1. The van der Waals surface area contributed by atoms with Gasteiger partial charge in [-0.3, -0.25) is 0 Å². The number of hydrogen-bond donors (Lipinski definition) is 2. The van der Waals surface area contributed by atoms with E-state index in [9.17, 15) is 4.79 Å². The van der Waals surface area contributed by atoms with Crippen molar-refractivity contribution in [2.45, 2.75) is 19.9 Å². The van der Waals surface area contributed by atoms with Crippen LogP contribution in [0.4, 0.5) is 4.79 Å². The van der Waals surface area contributed by atoms with Crippen LogP contribution >= 0.6 is 11.3 Å². The van der Waals surface area contributed by atoms with E-state index in [2.05, 4.69) is 17.2 Å². The molecule has 1 rings (SSSR count). The molecule has 2 N–H and O–H groups in total. The highest BCUT2D eigenvalue weighted by atomic mass is 32.1. The summed E-state index contributed by atoms with van der Waals surface area (Å²) in [5.41, 5.74) is 0.907. The maximum absolute atomic E-state index is 11.0. The number of ether oxygens (including phenoxy) is 1. The van der Waals surface area contributed by atoms with Crippen LogP contribution in [-0.2, 0) is 11.3 Å². The lowest BCUT2D eigenvalue weighted by atomic mass is 10.3. The molecule has 0 atom stereocenters. The average molecular weight is 253 g/mol. The van der Waals surface area contributed by atoms with E-state index in [0.717, 1.165) is 10.4 Å². The fourth-order valence-electron chi connectivity index (χ4n) is 1.10. The van der Waals surface area contributed by atoms with Crippen molar-refractivity contribution < 1.29 is 14.6 Å². The van der Waals surface area contributed by atoms with Crippen LogP contribution in [0.3, 0.4) is 0 Å². The molecular weight excluding hydrogens is 238 g/mol. The summed E-state index contributed by atoms with van der Waals surface area (Å²) >= 11 is 1.53. The van der Waals surface area contributed by atoms with E-state index in [0.29, 0.717) is 19.6 Å². The molecule has 5 heteroatoms. The van der Waals surface area contributed by atoms with Gasteiger partial charge in [-0.15, -0.1) is 11.3 Å². The first-order valence-electron chi connectivity index (χ1n) is 5.34. The third-order valence-electron chi connectivity index (χ3n) is 1.81. The molecule has 0 saturated carbocycles. The fraction of sp³-hybridized carbons (Fsp3) is 0.417. The first kappa shape index (κ1) is 13.6. The van der Waals surface area contributed by atoms with Crippen molar-refractivity contribution in [2.24, 2.45) is 0 Å². The van der Waals surface area contributed by atoms with Crippen LogP contribution in [0.5, 0.6) is 0 Å². The molecule has 1 amide bonds. The molecule has 0 aliphatic rings. The van der Waals surface area contributed by atoms with Crippen molar-refractivity contribution in [1.82, 2.24) is 5.32 Å². The van der Waals surface area contributed by atoms with E-state index in [1.165, 1.54) is 11.3 Å². The third kappa shape index (κ3) is 5.38. The van der Waals surface area contributed by atoms with Crippen LogP contribution in [-0.4, -0.2) is 24.4 Å².